The summed E-state index contributed by atoms with van der Waals surface area (Å²) in [7, 11) is 0. The van der Waals surface area contributed by atoms with Crippen molar-refractivity contribution in [3.63, 3.8) is 0 Å². The van der Waals surface area contributed by atoms with E-state index in [0.717, 1.165) is 12.8 Å². The van der Waals surface area contributed by atoms with Gasteiger partial charge in [0.15, 0.2) is 0 Å². The van der Waals surface area contributed by atoms with Crippen LogP contribution in [0.1, 0.15) is 19.8 Å². The Morgan fingerprint density at radius 2 is 2.33 bits per heavy atom. The summed E-state index contributed by atoms with van der Waals surface area (Å²) in [5, 5.41) is 17.3. The summed E-state index contributed by atoms with van der Waals surface area (Å²) in [4.78, 5) is 0. The van der Waals surface area contributed by atoms with E-state index in [0.29, 0.717) is 5.92 Å². The average Bonchev–Trinajstić information content (AvgIpc) is 1.81. The van der Waals surface area contributed by atoms with Gasteiger partial charge in [-0.25, -0.2) is 0 Å². The monoisotopic (exact) mass is 125 g/mol. The van der Waals surface area contributed by atoms with Crippen LogP contribution in [0.15, 0.2) is 0 Å². The summed E-state index contributed by atoms with van der Waals surface area (Å²) in [6.45, 7) is 2.14. The van der Waals surface area contributed by atoms with Gasteiger partial charge in [-0.2, -0.15) is 5.26 Å². The van der Waals surface area contributed by atoms with E-state index in [-0.39, 0.29) is 12.0 Å². The van der Waals surface area contributed by atoms with Gasteiger partial charge in [-0.1, -0.05) is 6.92 Å². The van der Waals surface area contributed by atoms with Gasteiger partial charge in [-0.05, 0) is 18.8 Å². The van der Waals surface area contributed by atoms with Crippen molar-refractivity contribution >= 4 is 0 Å². The summed E-state index contributed by atoms with van der Waals surface area (Å²) >= 11 is 0. The molecule has 0 aromatic carbocycles. The molecular weight excluding hydrogens is 114 g/mol. The molecule has 0 spiro atoms. The van der Waals surface area contributed by atoms with Gasteiger partial charge in [0.2, 0.25) is 0 Å². The minimum Gasteiger partial charge on any atom is -0.395 e. The first-order valence-electron chi connectivity index (χ1n) is 3.24. The van der Waals surface area contributed by atoms with Crippen LogP contribution in [0.4, 0.5) is 0 Å². The Kier molecular flexibility index (Phi) is 1.46. The molecule has 0 unspecified atom stereocenters. The van der Waals surface area contributed by atoms with E-state index in [1.807, 2.05) is 0 Å². The number of aliphatic hydroxyl groups excluding tert-OH is 1. The third-order valence-electron chi connectivity index (χ3n) is 2.02. The molecule has 1 aliphatic rings. The zero-order valence-electron chi connectivity index (χ0n) is 5.59. The van der Waals surface area contributed by atoms with Crippen molar-refractivity contribution in [3.05, 3.63) is 0 Å². The van der Waals surface area contributed by atoms with Gasteiger partial charge in [0.05, 0.1) is 18.1 Å². The average molecular weight is 125 g/mol. The molecule has 0 heterocycles. The van der Waals surface area contributed by atoms with Gasteiger partial charge < -0.3 is 5.11 Å². The number of rotatable bonds is 1. The molecular formula is C7H11NO. The lowest BCUT2D eigenvalue weighted by atomic mass is 9.64. The predicted octanol–water partition coefficient (Wildman–Crippen LogP) is 0.919. The van der Waals surface area contributed by atoms with Gasteiger partial charge in [0, 0.05) is 0 Å². The summed E-state index contributed by atoms with van der Waals surface area (Å²) < 4.78 is 0. The van der Waals surface area contributed by atoms with Crippen molar-refractivity contribution < 1.29 is 5.11 Å². The van der Waals surface area contributed by atoms with Crippen molar-refractivity contribution in [2.45, 2.75) is 19.8 Å². The smallest absolute Gasteiger partial charge is 0.0809 e. The molecule has 50 valence electrons. The van der Waals surface area contributed by atoms with Crippen molar-refractivity contribution in [1.82, 2.24) is 0 Å². The summed E-state index contributed by atoms with van der Waals surface area (Å²) in [6.07, 6.45) is 1.75. The predicted molar refractivity (Wildman–Crippen MR) is 33.5 cm³/mol. The fourth-order valence-electron chi connectivity index (χ4n) is 1.53. The van der Waals surface area contributed by atoms with Crippen LogP contribution >= 0.6 is 0 Å². The van der Waals surface area contributed by atoms with Crippen LogP contribution in [0.25, 0.3) is 0 Å². The summed E-state index contributed by atoms with van der Waals surface area (Å²) in [5.41, 5.74) is -0.362. The second-order valence-electron chi connectivity index (χ2n) is 3.06. The first kappa shape index (κ1) is 6.57. The van der Waals surface area contributed by atoms with E-state index in [4.69, 9.17) is 10.4 Å². The summed E-state index contributed by atoms with van der Waals surface area (Å²) in [5.74, 6) is 0.636. The molecule has 1 saturated carbocycles. The van der Waals surface area contributed by atoms with Crippen molar-refractivity contribution in [2.75, 3.05) is 6.61 Å². The number of hydrogen-bond donors (Lipinski definition) is 1. The third kappa shape index (κ3) is 0.927. The maximum atomic E-state index is 8.73. The van der Waals surface area contributed by atoms with Crippen molar-refractivity contribution in [2.24, 2.45) is 11.3 Å². The van der Waals surface area contributed by atoms with Crippen LogP contribution in [0.2, 0.25) is 0 Å². The second-order valence-corrected chi connectivity index (χ2v) is 3.06. The molecule has 0 atom stereocenters. The van der Waals surface area contributed by atoms with Crippen LogP contribution in [-0.2, 0) is 0 Å². The third-order valence-corrected chi connectivity index (χ3v) is 2.02. The normalized spacial score (nSPS) is 41.2. The largest absolute Gasteiger partial charge is 0.395 e. The van der Waals surface area contributed by atoms with Crippen molar-refractivity contribution in [3.8, 4) is 6.07 Å². The van der Waals surface area contributed by atoms with E-state index in [9.17, 15) is 0 Å². The van der Waals surface area contributed by atoms with Crippen LogP contribution in [0, 0.1) is 22.7 Å². The highest BCUT2D eigenvalue weighted by atomic mass is 16.3. The Morgan fingerprint density at radius 3 is 2.44 bits per heavy atom. The molecule has 1 rings (SSSR count). The van der Waals surface area contributed by atoms with Gasteiger partial charge in [0.1, 0.15) is 0 Å². The van der Waals surface area contributed by atoms with Gasteiger partial charge in [-0.3, -0.25) is 0 Å². The molecule has 0 amide bonds. The molecule has 0 aromatic heterocycles. The highest BCUT2D eigenvalue weighted by Crippen LogP contribution is 2.44. The lowest BCUT2D eigenvalue weighted by Crippen LogP contribution is -2.37. The number of nitriles is 1. The molecule has 1 fully saturated rings. The Balaban J connectivity index is 2.48. The van der Waals surface area contributed by atoms with E-state index in [2.05, 4.69) is 13.0 Å². The maximum Gasteiger partial charge on any atom is 0.0809 e. The lowest BCUT2D eigenvalue weighted by molar-refractivity contribution is 0.0539. The fourth-order valence-corrected chi connectivity index (χ4v) is 1.53. The van der Waals surface area contributed by atoms with Gasteiger partial charge in [-0.15, -0.1) is 0 Å². The van der Waals surface area contributed by atoms with E-state index < -0.39 is 0 Å². The van der Waals surface area contributed by atoms with Crippen LogP contribution in [0.3, 0.4) is 0 Å². The molecule has 0 bridgehead atoms. The Hall–Kier alpha value is -0.550. The maximum absolute atomic E-state index is 8.73. The quantitative estimate of drug-likeness (QED) is 0.566. The topological polar surface area (TPSA) is 44.0 Å². The minimum absolute atomic E-state index is 0.0356. The van der Waals surface area contributed by atoms with Crippen molar-refractivity contribution in [1.29, 1.82) is 5.26 Å². The Morgan fingerprint density at radius 1 is 1.78 bits per heavy atom. The number of nitrogens with zero attached hydrogens (tertiary/aromatic N) is 1. The van der Waals surface area contributed by atoms with E-state index in [1.54, 1.807) is 0 Å². The highest BCUT2D eigenvalue weighted by Gasteiger charge is 2.41. The molecule has 0 aliphatic heterocycles. The van der Waals surface area contributed by atoms with Gasteiger partial charge in [0.25, 0.3) is 0 Å². The molecule has 1 aliphatic carbocycles. The minimum atomic E-state index is -0.362. The second kappa shape index (κ2) is 2.00. The molecule has 2 nitrogen and oxygen atoms in total. The Labute approximate surface area is 55.1 Å². The highest BCUT2D eigenvalue weighted by molar-refractivity contribution is 5.06. The van der Waals surface area contributed by atoms with E-state index >= 15 is 0 Å². The zero-order chi connectivity index (χ0) is 6.91. The summed E-state index contributed by atoms with van der Waals surface area (Å²) in [6, 6.07) is 2.14. The molecule has 1 N–H and O–H groups in total. The lowest BCUT2D eigenvalue weighted by Gasteiger charge is -2.39. The fraction of sp³-hybridized carbons (Fsp3) is 0.857. The SMILES string of the molecule is CC1CC(C#N)(CO)C1. The molecule has 9 heavy (non-hydrogen) atoms. The first-order chi connectivity index (χ1) is 4.22. The Bertz CT molecular complexity index is 141. The molecule has 0 saturated heterocycles. The van der Waals surface area contributed by atoms with Crippen LogP contribution in [0.5, 0.6) is 0 Å². The standard InChI is InChI=1S/C7H11NO/c1-6-2-7(3-6,4-8)5-9/h6,9H,2-3,5H2,1H3. The number of hydrogen-bond acceptors (Lipinski definition) is 2. The molecule has 0 radical (unpaired) electrons. The zero-order valence-corrected chi connectivity index (χ0v) is 5.59. The first-order valence-corrected chi connectivity index (χ1v) is 3.24. The van der Waals surface area contributed by atoms with Crippen LogP contribution in [-0.4, -0.2) is 11.7 Å². The molecule has 2 heteroatoms. The van der Waals surface area contributed by atoms with Gasteiger partial charge >= 0.3 is 0 Å². The number of aliphatic hydroxyl groups is 1. The van der Waals surface area contributed by atoms with Crippen LogP contribution < -0.4 is 0 Å². The van der Waals surface area contributed by atoms with E-state index in [1.165, 1.54) is 0 Å². The molecule has 0 aromatic rings.